The third-order valence-electron chi connectivity index (χ3n) is 5.54. The number of nitrogens with one attached hydrogen (secondary N) is 1. The van der Waals surface area contributed by atoms with Crippen molar-refractivity contribution in [2.75, 3.05) is 12.8 Å². The number of nitrogens with two attached hydrogens (primary N) is 1. The van der Waals surface area contributed by atoms with Crippen molar-refractivity contribution in [3.63, 3.8) is 0 Å². The largest absolute Gasteiger partial charge is 0.493 e. The highest BCUT2D eigenvalue weighted by molar-refractivity contribution is 6.31. The van der Waals surface area contributed by atoms with Crippen LogP contribution in [0.4, 0.5) is 5.82 Å². The van der Waals surface area contributed by atoms with E-state index < -0.39 is 5.91 Å². The van der Waals surface area contributed by atoms with Crippen LogP contribution in [-0.2, 0) is 6.61 Å². The van der Waals surface area contributed by atoms with Crippen molar-refractivity contribution >= 4 is 29.5 Å². The first kappa shape index (κ1) is 25.4. The summed E-state index contributed by atoms with van der Waals surface area (Å²) >= 11 is 6.21. The number of benzene rings is 3. The van der Waals surface area contributed by atoms with Crippen LogP contribution in [0.3, 0.4) is 0 Å². The number of amides is 1. The van der Waals surface area contributed by atoms with Crippen molar-refractivity contribution in [2.45, 2.75) is 6.61 Å². The van der Waals surface area contributed by atoms with Crippen molar-refractivity contribution in [3.05, 3.63) is 94.6 Å². The molecule has 0 spiro atoms. The Morgan fingerprint density at radius 1 is 1.10 bits per heavy atom. The van der Waals surface area contributed by atoms with E-state index in [0.717, 1.165) is 10.2 Å². The molecule has 196 valence electrons. The van der Waals surface area contributed by atoms with E-state index in [2.05, 4.69) is 35.8 Å². The van der Waals surface area contributed by atoms with Crippen molar-refractivity contribution in [2.24, 2.45) is 5.10 Å². The summed E-state index contributed by atoms with van der Waals surface area (Å²) in [4.78, 5) is 13.2. The summed E-state index contributed by atoms with van der Waals surface area (Å²) in [5.74, 6) is 0.376. The highest BCUT2D eigenvalue weighted by Gasteiger charge is 2.25. The van der Waals surface area contributed by atoms with Gasteiger partial charge in [0.15, 0.2) is 17.2 Å². The first-order valence-corrected chi connectivity index (χ1v) is 11.9. The van der Waals surface area contributed by atoms with Gasteiger partial charge in [-0.1, -0.05) is 65.3 Å². The van der Waals surface area contributed by atoms with Crippen molar-refractivity contribution in [1.29, 1.82) is 0 Å². The second-order valence-electron chi connectivity index (χ2n) is 8.03. The Labute approximate surface area is 226 Å². The van der Waals surface area contributed by atoms with E-state index >= 15 is 0 Å². The van der Waals surface area contributed by atoms with Gasteiger partial charge in [0, 0.05) is 16.1 Å². The van der Waals surface area contributed by atoms with Gasteiger partial charge in [0.25, 0.3) is 5.91 Å². The molecule has 0 bridgehead atoms. The van der Waals surface area contributed by atoms with E-state index in [-0.39, 0.29) is 23.9 Å². The molecule has 0 saturated heterocycles. The fourth-order valence-electron chi connectivity index (χ4n) is 3.64. The lowest BCUT2D eigenvalue weighted by atomic mass is 10.1. The number of ether oxygens (including phenoxy) is 2. The molecule has 0 radical (unpaired) electrons. The molecule has 3 aromatic carbocycles. The fraction of sp³-hybridized carbons (Fsp3) is 0.0769. The summed E-state index contributed by atoms with van der Waals surface area (Å²) < 4.78 is 17.2. The highest BCUT2D eigenvalue weighted by Crippen LogP contribution is 2.29. The Morgan fingerprint density at radius 2 is 1.90 bits per heavy atom. The zero-order valence-electron chi connectivity index (χ0n) is 20.5. The van der Waals surface area contributed by atoms with Crippen LogP contribution in [0.5, 0.6) is 11.5 Å². The summed E-state index contributed by atoms with van der Waals surface area (Å²) in [6.45, 7) is 0.274. The molecular weight excluding hydrogens is 524 g/mol. The van der Waals surface area contributed by atoms with E-state index in [0.29, 0.717) is 33.3 Å². The molecule has 3 N–H and O–H groups in total. The lowest BCUT2D eigenvalue weighted by molar-refractivity contribution is 0.0947. The van der Waals surface area contributed by atoms with Crippen molar-refractivity contribution in [3.8, 4) is 28.6 Å². The maximum Gasteiger partial charge on any atom is 0.292 e. The molecular formula is C26H21ClN8O4. The van der Waals surface area contributed by atoms with Crippen LogP contribution in [0.15, 0.2) is 82.5 Å². The van der Waals surface area contributed by atoms with Crippen LogP contribution in [0.2, 0.25) is 5.02 Å². The number of aromatic nitrogens is 5. The molecule has 5 rings (SSSR count). The zero-order chi connectivity index (χ0) is 27.2. The minimum atomic E-state index is -0.607. The molecule has 0 unspecified atom stereocenters. The molecule has 0 aliphatic carbocycles. The van der Waals surface area contributed by atoms with Crippen LogP contribution >= 0.6 is 11.6 Å². The lowest BCUT2D eigenvalue weighted by Crippen LogP contribution is -2.22. The Balaban J connectivity index is 1.34. The van der Waals surface area contributed by atoms with Crippen LogP contribution in [0, 0.1) is 0 Å². The summed E-state index contributed by atoms with van der Waals surface area (Å²) in [6.07, 6.45) is 1.46. The molecule has 5 aromatic rings. The predicted octanol–water partition coefficient (Wildman–Crippen LogP) is 3.90. The molecule has 0 atom stereocenters. The van der Waals surface area contributed by atoms with Crippen LogP contribution in [-0.4, -0.2) is 44.5 Å². The molecule has 0 fully saturated rings. The zero-order valence-corrected chi connectivity index (χ0v) is 21.2. The molecule has 2 heterocycles. The predicted molar refractivity (Wildman–Crippen MR) is 143 cm³/mol. The fourth-order valence-corrected chi connectivity index (χ4v) is 3.83. The van der Waals surface area contributed by atoms with E-state index in [1.165, 1.54) is 13.3 Å². The Kier molecular flexibility index (Phi) is 7.46. The average molecular weight is 545 g/mol. The summed E-state index contributed by atoms with van der Waals surface area (Å²) in [7, 11) is 1.53. The molecule has 1 amide bonds. The number of hydrazone groups is 1. The maximum absolute atomic E-state index is 13.2. The second kappa shape index (κ2) is 11.4. The van der Waals surface area contributed by atoms with Crippen molar-refractivity contribution < 1.29 is 18.9 Å². The third kappa shape index (κ3) is 5.55. The number of hydrogen-bond acceptors (Lipinski definition) is 10. The number of methoxy groups -OCH3 is 1. The third-order valence-corrected chi connectivity index (χ3v) is 5.91. The molecule has 2 aromatic heterocycles. The number of anilines is 1. The molecule has 12 nitrogen and oxygen atoms in total. The minimum Gasteiger partial charge on any atom is -0.493 e. The van der Waals surface area contributed by atoms with E-state index in [9.17, 15) is 4.79 Å². The summed E-state index contributed by atoms with van der Waals surface area (Å²) in [5.41, 5.74) is 10.8. The number of rotatable bonds is 9. The summed E-state index contributed by atoms with van der Waals surface area (Å²) in [5, 5.41) is 20.2. The van der Waals surface area contributed by atoms with Crippen LogP contribution in [0.1, 0.15) is 21.6 Å². The Morgan fingerprint density at radius 3 is 2.64 bits per heavy atom. The van der Waals surface area contributed by atoms with Gasteiger partial charge < -0.3 is 15.2 Å². The first-order valence-electron chi connectivity index (χ1n) is 11.5. The quantitative estimate of drug-likeness (QED) is 0.207. The molecule has 39 heavy (non-hydrogen) atoms. The Bertz CT molecular complexity index is 1630. The van der Waals surface area contributed by atoms with Gasteiger partial charge in [0.1, 0.15) is 12.3 Å². The number of nitrogens with zero attached hydrogens (tertiary/aromatic N) is 6. The SMILES string of the molecule is COc1cc(C=NNC(=O)c2c(-c3ccccc3)nnn2-c2nonc2N)ccc1OCc1ccccc1Cl. The monoisotopic (exact) mass is 544 g/mol. The Hall–Kier alpha value is -5.23. The van der Waals surface area contributed by atoms with Crippen LogP contribution in [0.25, 0.3) is 17.1 Å². The van der Waals surface area contributed by atoms with Gasteiger partial charge in [0.05, 0.1) is 13.3 Å². The lowest BCUT2D eigenvalue weighted by Gasteiger charge is -2.12. The van der Waals surface area contributed by atoms with Gasteiger partial charge >= 0.3 is 0 Å². The molecule has 0 saturated carbocycles. The smallest absolute Gasteiger partial charge is 0.292 e. The number of nitrogen functional groups attached to an aromatic ring is 1. The minimum absolute atomic E-state index is 0.0240. The van der Waals surface area contributed by atoms with Gasteiger partial charge in [-0.2, -0.15) is 9.78 Å². The van der Waals surface area contributed by atoms with Gasteiger partial charge in [-0.25, -0.2) is 10.1 Å². The first-order chi connectivity index (χ1) is 19.0. The number of carbonyl (C=O) groups excluding carboxylic acids is 1. The van der Waals surface area contributed by atoms with Gasteiger partial charge in [-0.3, -0.25) is 4.79 Å². The van der Waals surface area contributed by atoms with E-state index in [4.69, 9.17) is 26.8 Å². The molecule has 0 aliphatic rings. The van der Waals surface area contributed by atoms with E-state index in [1.807, 2.05) is 36.4 Å². The average Bonchev–Trinajstić information content (AvgIpc) is 3.59. The van der Waals surface area contributed by atoms with Crippen molar-refractivity contribution in [1.82, 2.24) is 30.7 Å². The number of hydrogen-bond donors (Lipinski definition) is 2. The highest BCUT2D eigenvalue weighted by atomic mass is 35.5. The van der Waals surface area contributed by atoms with Crippen LogP contribution < -0.4 is 20.6 Å². The van der Waals surface area contributed by atoms with Gasteiger partial charge in [-0.15, -0.1) is 5.10 Å². The summed E-state index contributed by atoms with van der Waals surface area (Å²) in [6, 6.07) is 21.7. The molecule has 0 aliphatic heterocycles. The molecule has 13 heteroatoms. The standard InChI is InChI=1S/C26H21ClN8O4/c1-37-21-13-16(11-12-20(21)38-15-18-9-5-6-10-19(18)27)14-29-31-26(36)23-22(17-7-3-2-4-8-17)30-34-35(23)25-24(28)32-39-33-25/h2-14H,15H2,1H3,(H2,28,32)(H,31,36). The normalized spacial score (nSPS) is 11.0. The van der Waals surface area contributed by atoms with Gasteiger partial charge in [0.2, 0.25) is 11.6 Å². The van der Waals surface area contributed by atoms with Gasteiger partial charge in [-0.05, 0) is 40.1 Å². The number of halogens is 1. The topological polar surface area (TPSA) is 156 Å². The maximum atomic E-state index is 13.2. The van der Waals surface area contributed by atoms with E-state index in [1.54, 1.807) is 36.4 Å². The second-order valence-corrected chi connectivity index (χ2v) is 8.43. The number of carbonyl (C=O) groups is 1.